The van der Waals surface area contributed by atoms with E-state index in [1.54, 1.807) is 0 Å². The van der Waals surface area contributed by atoms with Crippen molar-refractivity contribution in [3.05, 3.63) is 33.0 Å². The SMILES string of the molecule is CCCCCCCCCCC1C=c2oc(-c3cc(O)c(O)c(O)c3)c(O)c(=O)c2=C(/C=[N+](/O)C(C)(C)C)C1. The number of phenolic OH excluding ortho intramolecular Hbond substituents is 3. The summed E-state index contributed by atoms with van der Waals surface area (Å²) in [5.74, 6) is -2.78. The molecule has 5 N–H and O–H groups in total. The highest BCUT2D eigenvalue weighted by atomic mass is 16.5. The fourth-order valence-corrected chi connectivity index (χ4v) is 4.74. The average Bonchev–Trinajstić information content (AvgIpc) is 2.85. The van der Waals surface area contributed by atoms with Crippen molar-refractivity contribution >= 4 is 17.9 Å². The molecule has 2 aromatic rings. The molecule has 0 fully saturated rings. The van der Waals surface area contributed by atoms with Crippen molar-refractivity contribution in [1.29, 1.82) is 0 Å². The molecule has 1 aromatic heterocycles. The number of hydrogen-bond donors (Lipinski definition) is 5. The molecule has 1 aliphatic carbocycles. The average molecular weight is 529 g/mol. The largest absolute Gasteiger partial charge is 0.504 e. The highest BCUT2D eigenvalue weighted by Gasteiger charge is 2.28. The molecule has 8 nitrogen and oxygen atoms in total. The van der Waals surface area contributed by atoms with Crippen molar-refractivity contribution in [2.24, 2.45) is 5.92 Å². The van der Waals surface area contributed by atoms with E-state index in [1.165, 1.54) is 44.7 Å². The third-order valence-corrected chi connectivity index (χ3v) is 7.03. The Labute approximate surface area is 223 Å². The smallest absolute Gasteiger partial charge is 0.235 e. The van der Waals surface area contributed by atoms with Gasteiger partial charge in [0.15, 0.2) is 23.0 Å². The Morgan fingerprint density at radius 2 is 1.53 bits per heavy atom. The number of hydrogen-bond acceptors (Lipinski definition) is 7. The van der Waals surface area contributed by atoms with Gasteiger partial charge in [-0.15, -0.1) is 0 Å². The van der Waals surface area contributed by atoms with Crippen molar-refractivity contribution in [3.8, 4) is 34.3 Å². The van der Waals surface area contributed by atoms with E-state index in [0.717, 1.165) is 36.1 Å². The maximum absolute atomic E-state index is 13.4. The molecule has 1 heterocycles. The lowest BCUT2D eigenvalue weighted by Gasteiger charge is -2.18. The number of fused-ring (bicyclic) bond motifs is 1. The monoisotopic (exact) mass is 528 g/mol. The molecule has 1 aliphatic rings. The van der Waals surface area contributed by atoms with Gasteiger partial charge in [-0.2, -0.15) is 0 Å². The Balaban J connectivity index is 2.00. The van der Waals surface area contributed by atoms with Crippen molar-refractivity contribution in [2.45, 2.75) is 97.4 Å². The normalized spacial score (nSPS) is 15.8. The third-order valence-electron chi connectivity index (χ3n) is 7.03. The molecule has 1 aromatic carbocycles. The Bertz CT molecular complexity index is 1330. The summed E-state index contributed by atoms with van der Waals surface area (Å²) in [7, 11) is 0. The summed E-state index contributed by atoms with van der Waals surface area (Å²) in [6, 6.07) is 2.21. The van der Waals surface area contributed by atoms with Gasteiger partial charge in [-0.25, -0.2) is 0 Å². The van der Waals surface area contributed by atoms with Crippen LogP contribution in [0.25, 0.3) is 23.0 Å². The Kier molecular flexibility index (Phi) is 9.52. The summed E-state index contributed by atoms with van der Waals surface area (Å²) in [6.07, 6.45) is 14.4. The summed E-state index contributed by atoms with van der Waals surface area (Å²) >= 11 is 0. The Morgan fingerprint density at radius 3 is 2.11 bits per heavy atom. The van der Waals surface area contributed by atoms with Gasteiger partial charge >= 0.3 is 0 Å². The first kappa shape index (κ1) is 29.1. The van der Waals surface area contributed by atoms with E-state index < -0.39 is 34.0 Å². The quantitative estimate of drug-likeness (QED) is 0.0700. The van der Waals surface area contributed by atoms with Crippen LogP contribution in [0, 0.1) is 5.92 Å². The summed E-state index contributed by atoms with van der Waals surface area (Å²) in [4.78, 5) is 13.4. The Hall–Kier alpha value is -3.42. The van der Waals surface area contributed by atoms with Crippen molar-refractivity contribution in [1.82, 2.24) is 0 Å². The second-order valence-corrected chi connectivity index (χ2v) is 11.3. The van der Waals surface area contributed by atoms with Crippen LogP contribution in [0.4, 0.5) is 0 Å². The van der Waals surface area contributed by atoms with E-state index >= 15 is 0 Å². The zero-order chi connectivity index (χ0) is 28.0. The van der Waals surface area contributed by atoms with Gasteiger partial charge in [0.2, 0.25) is 22.9 Å². The molecule has 3 rings (SSSR count). The number of nitrogens with zero attached hydrogens (tertiary/aromatic N) is 1. The molecule has 208 valence electrons. The molecule has 0 amide bonds. The maximum Gasteiger partial charge on any atom is 0.235 e. The van der Waals surface area contributed by atoms with Crippen LogP contribution in [0.5, 0.6) is 23.0 Å². The number of unbranched alkanes of at least 4 members (excludes halogenated alkanes) is 7. The molecule has 8 heteroatoms. The summed E-state index contributed by atoms with van der Waals surface area (Å²) in [5, 5.41) is 51.1. The summed E-state index contributed by atoms with van der Waals surface area (Å²) in [5.41, 5.74) is -0.414. The van der Waals surface area contributed by atoms with Crippen molar-refractivity contribution < 1.29 is 34.8 Å². The predicted molar refractivity (Wildman–Crippen MR) is 147 cm³/mol. The van der Waals surface area contributed by atoms with Gasteiger partial charge in [0.1, 0.15) is 5.42 Å². The maximum atomic E-state index is 13.4. The second kappa shape index (κ2) is 12.4. The van der Waals surface area contributed by atoms with Gasteiger partial charge in [-0.1, -0.05) is 58.3 Å². The molecule has 38 heavy (non-hydrogen) atoms. The second-order valence-electron chi connectivity index (χ2n) is 11.3. The first-order chi connectivity index (χ1) is 17.9. The Morgan fingerprint density at radius 1 is 0.947 bits per heavy atom. The van der Waals surface area contributed by atoms with Gasteiger partial charge in [0.25, 0.3) is 0 Å². The minimum Gasteiger partial charge on any atom is -0.504 e. The number of phenols is 3. The highest BCUT2D eigenvalue weighted by Crippen LogP contribution is 2.40. The lowest BCUT2D eigenvalue weighted by atomic mass is 9.88. The van der Waals surface area contributed by atoms with Crippen molar-refractivity contribution in [2.75, 3.05) is 0 Å². The number of benzene rings is 1. The van der Waals surface area contributed by atoms with E-state index in [-0.39, 0.29) is 27.9 Å². The molecule has 1 atom stereocenters. The van der Waals surface area contributed by atoms with Gasteiger partial charge in [-0.3, -0.25) is 10.0 Å². The standard InChI is InChI=1S/C30H41NO7/c1-5-6-7-8-9-10-11-12-13-19-14-21(18-31(37)30(2,3)4)25-24(15-19)38-29(28(36)27(25)35)20-16-22(32)26(34)23(33)17-20/h15-19,37H,5-14H2,1-4H3,(H3,32,33,35,36)/p+1. The van der Waals surface area contributed by atoms with Crippen molar-refractivity contribution in [3.63, 3.8) is 0 Å². The van der Waals surface area contributed by atoms with E-state index in [9.17, 15) is 30.4 Å². The van der Waals surface area contributed by atoms with Gasteiger partial charge in [0, 0.05) is 31.9 Å². The van der Waals surface area contributed by atoms with Crippen LogP contribution < -0.4 is 16.1 Å². The van der Waals surface area contributed by atoms with Gasteiger partial charge in [-0.05, 0) is 41.7 Å². The topological polar surface area (TPSA) is 134 Å². The number of rotatable bonds is 11. The molecule has 0 saturated heterocycles. The zero-order valence-corrected chi connectivity index (χ0v) is 23.0. The summed E-state index contributed by atoms with van der Waals surface area (Å²) < 4.78 is 7.07. The molecule has 0 spiro atoms. The van der Waals surface area contributed by atoms with Gasteiger partial charge in [0.05, 0.1) is 5.22 Å². The predicted octanol–water partition coefficient (Wildman–Crippen LogP) is 4.88. The lowest BCUT2D eigenvalue weighted by Crippen LogP contribution is -2.45. The van der Waals surface area contributed by atoms with Crippen LogP contribution >= 0.6 is 0 Å². The fourth-order valence-electron chi connectivity index (χ4n) is 4.74. The molecule has 0 saturated carbocycles. The molecular weight excluding hydrogens is 486 g/mol. The lowest BCUT2D eigenvalue weighted by molar-refractivity contribution is -0.816. The van der Waals surface area contributed by atoms with Crippen LogP contribution in [0.1, 0.15) is 91.9 Å². The third kappa shape index (κ3) is 6.91. The van der Waals surface area contributed by atoms with E-state index in [2.05, 4.69) is 6.92 Å². The van der Waals surface area contributed by atoms with Gasteiger partial charge < -0.3 is 24.8 Å². The zero-order valence-electron chi connectivity index (χ0n) is 23.0. The van der Waals surface area contributed by atoms with Crippen LogP contribution in [0.15, 0.2) is 21.3 Å². The van der Waals surface area contributed by atoms with Crippen LogP contribution in [0.2, 0.25) is 0 Å². The minimum atomic E-state index is -0.707. The summed E-state index contributed by atoms with van der Waals surface area (Å²) in [6.45, 7) is 7.73. The van der Waals surface area contributed by atoms with E-state index in [0.29, 0.717) is 12.0 Å². The number of hydroxylamine groups is 1. The molecule has 0 bridgehead atoms. The number of aromatic hydroxyl groups is 4. The molecule has 0 radical (unpaired) electrons. The van der Waals surface area contributed by atoms with E-state index in [4.69, 9.17) is 4.42 Å². The fraction of sp³-hybridized carbons (Fsp3) is 0.533. The molecular formula is C30H42NO7+. The van der Waals surface area contributed by atoms with E-state index in [1.807, 2.05) is 26.8 Å². The highest BCUT2D eigenvalue weighted by molar-refractivity contribution is 5.99. The molecule has 1 unspecified atom stereocenters. The van der Waals surface area contributed by atoms with Crippen LogP contribution in [0.3, 0.4) is 0 Å². The first-order valence-corrected chi connectivity index (χ1v) is 13.6. The molecule has 0 aliphatic heterocycles. The minimum absolute atomic E-state index is 0.0396. The van der Waals surface area contributed by atoms with Crippen LogP contribution in [-0.2, 0) is 0 Å². The van der Waals surface area contributed by atoms with Crippen LogP contribution in [-0.4, -0.2) is 42.1 Å². The first-order valence-electron chi connectivity index (χ1n) is 13.6.